The number of hydrogen-bond acceptors (Lipinski definition) is 2. The quantitative estimate of drug-likeness (QED) is 0.829. The molecule has 0 aliphatic heterocycles. The molecule has 2 aromatic carbocycles. The van der Waals surface area contributed by atoms with E-state index in [-0.39, 0.29) is 0 Å². The highest BCUT2D eigenvalue weighted by molar-refractivity contribution is 6.30. The van der Waals surface area contributed by atoms with Crippen molar-refractivity contribution in [2.45, 2.75) is 26.6 Å². The summed E-state index contributed by atoms with van der Waals surface area (Å²) >= 11 is 5.93. The molecule has 0 aliphatic rings. The smallest absolute Gasteiger partial charge is 0.0406 e. The molecule has 1 N–H and O–H groups in total. The molecule has 3 heteroatoms. The molecule has 0 bridgehead atoms. The zero-order valence-corrected chi connectivity index (χ0v) is 13.5. The molecule has 0 saturated carbocycles. The Balaban J connectivity index is 1.98. The molecule has 0 atom stereocenters. The Morgan fingerprint density at radius 3 is 2.29 bits per heavy atom. The van der Waals surface area contributed by atoms with Gasteiger partial charge in [-0.25, -0.2) is 0 Å². The van der Waals surface area contributed by atoms with Crippen molar-refractivity contribution in [3.63, 3.8) is 0 Å². The van der Waals surface area contributed by atoms with Gasteiger partial charge in [0.05, 0.1) is 0 Å². The maximum atomic E-state index is 5.93. The van der Waals surface area contributed by atoms with Gasteiger partial charge >= 0.3 is 0 Å². The van der Waals surface area contributed by atoms with E-state index in [0.717, 1.165) is 31.2 Å². The lowest BCUT2D eigenvalue weighted by atomic mass is 10.1. The summed E-state index contributed by atoms with van der Waals surface area (Å²) in [6.07, 6.45) is 0. The van der Waals surface area contributed by atoms with E-state index in [1.165, 1.54) is 16.7 Å². The maximum Gasteiger partial charge on any atom is 0.0406 e. The first-order valence-corrected chi connectivity index (χ1v) is 7.77. The molecule has 0 fully saturated rings. The van der Waals surface area contributed by atoms with Crippen molar-refractivity contribution in [2.24, 2.45) is 0 Å². The lowest BCUT2D eigenvalue weighted by molar-refractivity contribution is 0.318. The third-order valence-corrected chi connectivity index (χ3v) is 3.74. The summed E-state index contributed by atoms with van der Waals surface area (Å²) in [5.74, 6) is 0. The monoisotopic (exact) mass is 302 g/mol. The fourth-order valence-corrected chi connectivity index (χ4v) is 2.52. The predicted molar refractivity (Wildman–Crippen MR) is 90.4 cm³/mol. The van der Waals surface area contributed by atoms with Gasteiger partial charge in [-0.05, 0) is 42.4 Å². The van der Waals surface area contributed by atoms with Gasteiger partial charge in [0, 0.05) is 24.7 Å². The molecule has 112 valence electrons. The minimum Gasteiger partial charge on any atom is -0.313 e. The SMILES string of the molecule is CCNCc1ccccc1CN(C)Cc1ccc(Cl)cc1. The second-order valence-electron chi connectivity index (χ2n) is 5.35. The second-order valence-corrected chi connectivity index (χ2v) is 5.78. The first-order chi connectivity index (χ1) is 10.2. The topological polar surface area (TPSA) is 15.3 Å². The average Bonchev–Trinajstić information content (AvgIpc) is 2.49. The summed E-state index contributed by atoms with van der Waals surface area (Å²) < 4.78 is 0. The summed E-state index contributed by atoms with van der Waals surface area (Å²) in [5.41, 5.74) is 4.04. The van der Waals surface area contributed by atoms with Crippen molar-refractivity contribution < 1.29 is 0 Å². The summed E-state index contributed by atoms with van der Waals surface area (Å²) in [6.45, 7) is 5.93. The fraction of sp³-hybridized carbons (Fsp3) is 0.333. The van der Waals surface area contributed by atoms with Gasteiger partial charge in [-0.3, -0.25) is 4.90 Å². The van der Waals surface area contributed by atoms with E-state index < -0.39 is 0 Å². The molecule has 0 aromatic heterocycles. The molecule has 2 nitrogen and oxygen atoms in total. The fourth-order valence-electron chi connectivity index (χ4n) is 2.39. The van der Waals surface area contributed by atoms with E-state index in [0.29, 0.717) is 0 Å². The zero-order chi connectivity index (χ0) is 15.1. The van der Waals surface area contributed by atoms with Crippen molar-refractivity contribution in [3.8, 4) is 0 Å². The number of nitrogens with zero attached hydrogens (tertiary/aromatic N) is 1. The average molecular weight is 303 g/mol. The van der Waals surface area contributed by atoms with Crippen LogP contribution in [0.25, 0.3) is 0 Å². The van der Waals surface area contributed by atoms with Crippen LogP contribution in [0.4, 0.5) is 0 Å². The van der Waals surface area contributed by atoms with Crippen molar-refractivity contribution in [1.82, 2.24) is 10.2 Å². The van der Waals surface area contributed by atoms with Gasteiger partial charge in [0.25, 0.3) is 0 Å². The van der Waals surface area contributed by atoms with Gasteiger partial charge in [-0.15, -0.1) is 0 Å². The number of nitrogens with one attached hydrogen (secondary N) is 1. The van der Waals surface area contributed by atoms with Crippen LogP contribution in [-0.4, -0.2) is 18.5 Å². The largest absolute Gasteiger partial charge is 0.313 e. The Hall–Kier alpha value is -1.35. The van der Waals surface area contributed by atoms with Crippen LogP contribution in [0.1, 0.15) is 23.6 Å². The highest BCUT2D eigenvalue weighted by atomic mass is 35.5. The Labute approximate surface area is 132 Å². The molecule has 0 spiro atoms. The van der Waals surface area contributed by atoms with Crippen molar-refractivity contribution in [1.29, 1.82) is 0 Å². The molecular weight excluding hydrogens is 280 g/mol. The van der Waals surface area contributed by atoms with Crippen molar-refractivity contribution >= 4 is 11.6 Å². The van der Waals surface area contributed by atoms with E-state index in [1.807, 2.05) is 12.1 Å². The molecule has 0 radical (unpaired) electrons. The number of rotatable bonds is 7. The molecule has 2 rings (SSSR count). The third kappa shape index (κ3) is 5.16. The molecular formula is C18H23ClN2. The van der Waals surface area contributed by atoms with Gasteiger partial charge < -0.3 is 5.32 Å². The Kier molecular flexibility index (Phi) is 6.24. The Bertz CT molecular complexity index is 551. The van der Waals surface area contributed by atoms with E-state index in [2.05, 4.69) is 60.6 Å². The summed E-state index contributed by atoms with van der Waals surface area (Å²) in [4.78, 5) is 2.33. The van der Waals surface area contributed by atoms with E-state index in [9.17, 15) is 0 Å². The molecule has 2 aromatic rings. The van der Waals surface area contributed by atoms with Gasteiger partial charge in [0.15, 0.2) is 0 Å². The van der Waals surface area contributed by atoms with Gasteiger partial charge in [-0.2, -0.15) is 0 Å². The standard InChI is InChI=1S/C18H23ClN2/c1-3-20-12-16-6-4-5-7-17(16)14-21(2)13-15-8-10-18(19)11-9-15/h4-11,20H,3,12-14H2,1-2H3. The summed E-state index contributed by atoms with van der Waals surface area (Å²) in [6, 6.07) is 16.7. The van der Waals surface area contributed by atoms with Crippen LogP contribution < -0.4 is 5.32 Å². The van der Waals surface area contributed by atoms with Crippen LogP contribution in [0.2, 0.25) is 5.02 Å². The van der Waals surface area contributed by atoms with Crippen LogP contribution >= 0.6 is 11.6 Å². The Morgan fingerprint density at radius 2 is 1.62 bits per heavy atom. The van der Waals surface area contributed by atoms with Gasteiger partial charge in [-0.1, -0.05) is 54.9 Å². The van der Waals surface area contributed by atoms with Crippen LogP contribution in [0.3, 0.4) is 0 Å². The second kappa shape index (κ2) is 8.18. The maximum absolute atomic E-state index is 5.93. The first kappa shape index (κ1) is 16.0. The highest BCUT2D eigenvalue weighted by Crippen LogP contribution is 2.14. The van der Waals surface area contributed by atoms with Crippen molar-refractivity contribution in [3.05, 3.63) is 70.2 Å². The first-order valence-electron chi connectivity index (χ1n) is 7.39. The minimum atomic E-state index is 0.789. The molecule has 21 heavy (non-hydrogen) atoms. The molecule has 0 saturated heterocycles. The Morgan fingerprint density at radius 1 is 0.952 bits per heavy atom. The summed E-state index contributed by atoms with van der Waals surface area (Å²) in [7, 11) is 2.15. The van der Waals surface area contributed by atoms with E-state index in [4.69, 9.17) is 11.6 Å². The summed E-state index contributed by atoms with van der Waals surface area (Å²) in [5, 5.41) is 4.19. The lowest BCUT2D eigenvalue weighted by Crippen LogP contribution is -2.20. The molecule has 0 amide bonds. The molecule has 0 unspecified atom stereocenters. The third-order valence-electron chi connectivity index (χ3n) is 3.49. The van der Waals surface area contributed by atoms with Crippen LogP contribution in [0.15, 0.2) is 48.5 Å². The van der Waals surface area contributed by atoms with Crippen molar-refractivity contribution in [2.75, 3.05) is 13.6 Å². The van der Waals surface area contributed by atoms with Gasteiger partial charge in [0.2, 0.25) is 0 Å². The van der Waals surface area contributed by atoms with Crippen LogP contribution in [0, 0.1) is 0 Å². The van der Waals surface area contributed by atoms with E-state index >= 15 is 0 Å². The van der Waals surface area contributed by atoms with E-state index in [1.54, 1.807) is 0 Å². The number of benzene rings is 2. The van der Waals surface area contributed by atoms with Gasteiger partial charge in [0.1, 0.15) is 0 Å². The highest BCUT2D eigenvalue weighted by Gasteiger charge is 2.06. The number of hydrogen-bond donors (Lipinski definition) is 1. The lowest BCUT2D eigenvalue weighted by Gasteiger charge is -2.19. The number of halogens is 1. The normalized spacial score (nSPS) is 11.0. The van der Waals surface area contributed by atoms with Crippen LogP contribution in [-0.2, 0) is 19.6 Å². The predicted octanol–water partition coefficient (Wildman–Crippen LogP) is 4.08. The molecule has 0 aliphatic carbocycles. The minimum absolute atomic E-state index is 0.789. The zero-order valence-electron chi connectivity index (χ0n) is 12.8. The van der Waals surface area contributed by atoms with Crippen LogP contribution in [0.5, 0.6) is 0 Å². The molecule has 0 heterocycles.